The van der Waals surface area contributed by atoms with Gasteiger partial charge in [0.25, 0.3) is 5.91 Å². The molecule has 0 saturated carbocycles. The maximum Gasteiger partial charge on any atom is 0.332 e. The Hall–Kier alpha value is -3.32. The molecule has 7 heteroatoms. The van der Waals surface area contributed by atoms with Gasteiger partial charge in [0.2, 0.25) is 0 Å². The Kier molecular flexibility index (Phi) is 6.74. The number of thiol groups is 1. The molecule has 3 aromatic rings. The third-order valence-electron chi connectivity index (χ3n) is 4.60. The largest absolute Gasteiger partial charge is 0.332 e. The lowest BCUT2D eigenvalue weighted by Crippen LogP contribution is -2.35. The summed E-state index contributed by atoms with van der Waals surface area (Å²) < 4.78 is 14.9. The van der Waals surface area contributed by atoms with E-state index in [2.05, 4.69) is 23.4 Å². The van der Waals surface area contributed by atoms with Crippen LogP contribution in [-0.2, 0) is 0 Å². The van der Waals surface area contributed by atoms with Gasteiger partial charge in [0, 0.05) is 5.69 Å². The maximum atomic E-state index is 13.7. The van der Waals surface area contributed by atoms with Crippen molar-refractivity contribution in [2.24, 2.45) is 0 Å². The summed E-state index contributed by atoms with van der Waals surface area (Å²) in [6, 6.07) is 19.6. The SMILES string of the molecule is Cc1ccc(C(C)NC(=O)N(S)c2ccc(NC(=O)c3ccccc3F)cc2)cc1. The molecule has 1 atom stereocenters. The number of carbonyl (C=O) groups excluding carboxylic acids is 2. The van der Waals surface area contributed by atoms with Crippen molar-refractivity contribution < 1.29 is 14.0 Å². The van der Waals surface area contributed by atoms with Gasteiger partial charge in [-0.1, -0.05) is 54.8 Å². The third kappa shape index (κ3) is 5.18. The van der Waals surface area contributed by atoms with Gasteiger partial charge in [-0.3, -0.25) is 4.79 Å². The summed E-state index contributed by atoms with van der Waals surface area (Å²) in [5.41, 5.74) is 3.09. The predicted octanol–water partition coefficient (Wildman–Crippen LogP) is 5.51. The highest BCUT2D eigenvalue weighted by molar-refractivity contribution is 7.82. The van der Waals surface area contributed by atoms with Crippen LogP contribution >= 0.6 is 12.8 Å². The minimum absolute atomic E-state index is 0.0399. The summed E-state index contributed by atoms with van der Waals surface area (Å²) in [5, 5.41) is 5.52. The van der Waals surface area contributed by atoms with Crippen molar-refractivity contribution in [3.8, 4) is 0 Å². The topological polar surface area (TPSA) is 61.4 Å². The number of benzene rings is 3. The molecule has 1 unspecified atom stereocenters. The molecule has 154 valence electrons. The molecule has 0 aromatic heterocycles. The molecule has 0 heterocycles. The van der Waals surface area contributed by atoms with E-state index >= 15 is 0 Å². The molecule has 5 nitrogen and oxygen atoms in total. The predicted molar refractivity (Wildman–Crippen MR) is 120 cm³/mol. The Balaban J connectivity index is 1.62. The summed E-state index contributed by atoms with van der Waals surface area (Å²) >= 11 is 4.28. The molecule has 3 aromatic carbocycles. The Morgan fingerprint density at radius 3 is 2.23 bits per heavy atom. The van der Waals surface area contributed by atoms with Crippen LogP contribution in [-0.4, -0.2) is 11.9 Å². The Morgan fingerprint density at radius 2 is 1.60 bits per heavy atom. The average molecular weight is 424 g/mol. The second-order valence-electron chi connectivity index (χ2n) is 6.87. The molecule has 0 fully saturated rings. The number of halogens is 1. The van der Waals surface area contributed by atoms with Gasteiger partial charge in [0.05, 0.1) is 17.3 Å². The monoisotopic (exact) mass is 423 g/mol. The first-order valence-electron chi connectivity index (χ1n) is 9.37. The smallest absolute Gasteiger partial charge is 0.330 e. The number of hydrogen-bond donors (Lipinski definition) is 3. The molecular weight excluding hydrogens is 401 g/mol. The number of nitrogens with one attached hydrogen (secondary N) is 2. The molecule has 30 heavy (non-hydrogen) atoms. The molecule has 0 saturated heterocycles. The van der Waals surface area contributed by atoms with Crippen molar-refractivity contribution in [2.45, 2.75) is 19.9 Å². The molecule has 0 aliphatic carbocycles. The van der Waals surface area contributed by atoms with Gasteiger partial charge in [0.15, 0.2) is 0 Å². The van der Waals surface area contributed by atoms with Crippen LogP contribution in [0.3, 0.4) is 0 Å². The van der Waals surface area contributed by atoms with Crippen LogP contribution in [0.25, 0.3) is 0 Å². The number of nitrogens with zero attached hydrogens (tertiary/aromatic N) is 1. The second kappa shape index (κ2) is 9.45. The molecular formula is C23H22FN3O2S. The molecule has 3 amide bonds. The highest BCUT2D eigenvalue weighted by Crippen LogP contribution is 2.22. The van der Waals surface area contributed by atoms with Crippen molar-refractivity contribution in [2.75, 3.05) is 9.62 Å². The van der Waals surface area contributed by atoms with Crippen molar-refractivity contribution >= 4 is 36.1 Å². The summed E-state index contributed by atoms with van der Waals surface area (Å²) in [5.74, 6) is -1.14. The molecule has 0 bridgehead atoms. The lowest BCUT2D eigenvalue weighted by atomic mass is 10.1. The first-order chi connectivity index (χ1) is 14.3. The maximum absolute atomic E-state index is 13.7. The minimum Gasteiger partial charge on any atom is -0.330 e. The van der Waals surface area contributed by atoms with E-state index in [1.807, 2.05) is 38.1 Å². The van der Waals surface area contributed by atoms with E-state index < -0.39 is 11.7 Å². The van der Waals surface area contributed by atoms with Crippen LogP contribution < -0.4 is 14.9 Å². The lowest BCUT2D eigenvalue weighted by molar-refractivity contribution is 0.102. The quantitative estimate of drug-likeness (QED) is 0.474. The first kappa shape index (κ1) is 21.4. The van der Waals surface area contributed by atoms with E-state index in [4.69, 9.17) is 0 Å². The van der Waals surface area contributed by atoms with Crippen LogP contribution in [0.15, 0.2) is 72.8 Å². The zero-order valence-corrected chi connectivity index (χ0v) is 17.5. The van der Waals surface area contributed by atoms with Crippen LogP contribution in [0.5, 0.6) is 0 Å². The van der Waals surface area contributed by atoms with Crippen molar-refractivity contribution in [1.29, 1.82) is 0 Å². The molecule has 0 radical (unpaired) electrons. The van der Waals surface area contributed by atoms with Gasteiger partial charge in [-0.15, -0.1) is 0 Å². The third-order valence-corrected chi connectivity index (χ3v) is 5.01. The molecule has 2 N–H and O–H groups in total. The van der Waals surface area contributed by atoms with Crippen molar-refractivity contribution in [1.82, 2.24) is 5.32 Å². The number of rotatable bonds is 5. The van der Waals surface area contributed by atoms with Gasteiger partial charge >= 0.3 is 6.03 Å². The van der Waals surface area contributed by atoms with Gasteiger partial charge in [0.1, 0.15) is 5.82 Å². The highest BCUT2D eigenvalue weighted by Gasteiger charge is 2.16. The highest BCUT2D eigenvalue weighted by atomic mass is 32.1. The van der Waals surface area contributed by atoms with Crippen molar-refractivity contribution in [3.05, 3.63) is 95.3 Å². The van der Waals surface area contributed by atoms with E-state index in [0.717, 1.165) is 11.1 Å². The van der Waals surface area contributed by atoms with E-state index in [1.54, 1.807) is 30.3 Å². The van der Waals surface area contributed by atoms with Crippen LogP contribution in [0, 0.1) is 12.7 Å². The van der Waals surface area contributed by atoms with E-state index in [1.165, 1.54) is 22.5 Å². The van der Waals surface area contributed by atoms with E-state index in [9.17, 15) is 14.0 Å². The van der Waals surface area contributed by atoms with Crippen molar-refractivity contribution in [3.63, 3.8) is 0 Å². The number of urea groups is 1. The zero-order valence-electron chi connectivity index (χ0n) is 16.6. The normalized spacial score (nSPS) is 11.5. The summed E-state index contributed by atoms with van der Waals surface area (Å²) in [6.45, 7) is 3.90. The molecule has 0 aliphatic heterocycles. The molecule has 0 aliphatic rings. The fourth-order valence-electron chi connectivity index (χ4n) is 2.83. The van der Waals surface area contributed by atoms with Gasteiger partial charge in [-0.05, 0) is 55.8 Å². The standard InChI is InChI=1S/C23H22FN3O2S/c1-15-7-9-17(10-8-15)16(2)25-23(29)27(30)19-13-11-18(12-14-19)26-22(28)20-5-3-4-6-21(20)24/h3-14,16,30H,1-2H3,(H,25,29)(H,26,28). The number of amides is 3. The summed E-state index contributed by atoms with van der Waals surface area (Å²) in [6.07, 6.45) is 0. The first-order valence-corrected chi connectivity index (χ1v) is 9.77. The Bertz CT molecular complexity index is 1040. The lowest BCUT2D eigenvalue weighted by Gasteiger charge is -2.21. The number of carbonyl (C=O) groups is 2. The van der Waals surface area contributed by atoms with Crippen LogP contribution in [0.2, 0.25) is 0 Å². The van der Waals surface area contributed by atoms with E-state index in [0.29, 0.717) is 11.4 Å². The number of hydrogen-bond acceptors (Lipinski definition) is 3. The van der Waals surface area contributed by atoms with Gasteiger partial charge in [-0.25, -0.2) is 13.5 Å². The van der Waals surface area contributed by atoms with Gasteiger partial charge in [-0.2, -0.15) is 0 Å². The number of aryl methyl sites for hydroxylation is 1. The Labute approximate surface area is 180 Å². The summed E-state index contributed by atoms with van der Waals surface area (Å²) in [4.78, 5) is 24.7. The average Bonchev–Trinajstić information content (AvgIpc) is 2.74. The van der Waals surface area contributed by atoms with E-state index in [-0.39, 0.29) is 17.6 Å². The minimum atomic E-state index is -0.590. The van der Waals surface area contributed by atoms with Crippen LogP contribution in [0.4, 0.5) is 20.6 Å². The van der Waals surface area contributed by atoms with Gasteiger partial charge < -0.3 is 10.6 Å². The summed E-state index contributed by atoms with van der Waals surface area (Å²) in [7, 11) is 0. The van der Waals surface area contributed by atoms with Crippen LogP contribution in [0.1, 0.15) is 34.5 Å². The molecule has 3 rings (SSSR count). The Morgan fingerprint density at radius 1 is 0.967 bits per heavy atom. The molecule has 0 spiro atoms. The fourth-order valence-corrected chi connectivity index (χ4v) is 3.02. The fraction of sp³-hybridized carbons (Fsp3) is 0.130. The number of anilines is 2. The second-order valence-corrected chi connectivity index (χ2v) is 7.27. The zero-order chi connectivity index (χ0) is 21.7.